The molecule has 2 amide bonds. The number of hydrogen-bond donors (Lipinski definition) is 3. The third kappa shape index (κ3) is 5.50. The lowest BCUT2D eigenvalue weighted by Gasteiger charge is -2.43. The molecule has 0 bridgehead atoms. The number of imide groups is 1. The van der Waals surface area contributed by atoms with Crippen molar-refractivity contribution in [2.45, 2.75) is 44.8 Å². The third-order valence-corrected chi connectivity index (χ3v) is 9.32. The highest BCUT2D eigenvalue weighted by atomic mass is 32.1. The average Bonchev–Trinajstić information content (AvgIpc) is 3.73. The summed E-state index contributed by atoms with van der Waals surface area (Å²) in [5, 5.41) is 32.5. The lowest BCUT2D eigenvalue weighted by molar-refractivity contribution is -0.140. The first-order chi connectivity index (χ1) is 20.0. The van der Waals surface area contributed by atoms with Gasteiger partial charge in [0.15, 0.2) is 0 Å². The number of likely N-dealkylation sites (tertiary alicyclic amines) is 1. The fourth-order valence-electron chi connectivity index (χ4n) is 6.66. The average molecular weight is 573 g/mol. The molecule has 0 saturated carbocycles. The van der Waals surface area contributed by atoms with Crippen LogP contribution < -0.4 is 0 Å². The number of thiophene rings is 1. The smallest absolute Gasteiger partial charge is 0.455 e. The molecule has 6 rings (SSSR count). The molecule has 2 saturated heterocycles. The normalized spacial score (nSPS) is 24.7. The van der Waals surface area contributed by atoms with Crippen molar-refractivity contribution >= 4 is 41.9 Å². The molecule has 3 N–H and O–H groups in total. The van der Waals surface area contributed by atoms with Crippen LogP contribution >= 0.6 is 11.3 Å². The van der Waals surface area contributed by atoms with Gasteiger partial charge in [-0.15, -0.1) is 11.3 Å². The number of hydrogen-bond acceptors (Lipinski definition) is 8. The van der Waals surface area contributed by atoms with Gasteiger partial charge in [0.1, 0.15) is 18.1 Å². The van der Waals surface area contributed by atoms with E-state index < -0.39 is 25.1 Å². The minimum absolute atomic E-state index is 0.185. The summed E-state index contributed by atoms with van der Waals surface area (Å²) < 4.78 is 11.8. The molecule has 212 valence electrons. The van der Waals surface area contributed by atoms with Crippen LogP contribution in [0.1, 0.15) is 41.2 Å². The maximum atomic E-state index is 13.7. The van der Waals surface area contributed by atoms with Crippen molar-refractivity contribution in [1.82, 2.24) is 4.90 Å². The number of furan rings is 1. The van der Waals surface area contributed by atoms with Crippen molar-refractivity contribution in [3.8, 4) is 0 Å². The summed E-state index contributed by atoms with van der Waals surface area (Å²) in [7, 11) is -1.08. The summed E-state index contributed by atoms with van der Waals surface area (Å²) in [6.45, 7) is -0.164. The molecular weight excluding hydrogens is 541 g/mol. The molecule has 2 aromatic heterocycles. The standard InChI is InChI=1S/C31H32BNO7S/c34-17-21-14-25-29(31(37)33(30(25)36)16-24-7-4-12-41-24)26-15-32(38)40-27(28(21)26)11-8-20(19-5-2-1-3-6-19)13-22-9-10-23(18-35)39-22/h1-7,9-10,12-13,25-27,29,34-35,38H,8,11,14-18H2/b20-13-/t25-,26+,27-,29-/m1/s1. The Hall–Kier alpha value is -3.28. The molecule has 1 aliphatic carbocycles. The van der Waals surface area contributed by atoms with Gasteiger partial charge >= 0.3 is 7.12 Å². The van der Waals surface area contributed by atoms with Crippen LogP contribution in [0.15, 0.2) is 75.5 Å². The first-order valence-electron chi connectivity index (χ1n) is 14.0. The Kier molecular flexibility index (Phi) is 8.10. The zero-order valence-corrected chi connectivity index (χ0v) is 23.3. The highest BCUT2D eigenvalue weighted by molar-refractivity contribution is 7.09. The monoisotopic (exact) mass is 573 g/mol. The van der Waals surface area contributed by atoms with Crippen LogP contribution in [0.2, 0.25) is 6.32 Å². The molecule has 3 aromatic rings. The Morgan fingerprint density at radius 2 is 1.85 bits per heavy atom. The number of fused-ring (bicyclic) bond motifs is 3. The van der Waals surface area contributed by atoms with Gasteiger partial charge in [0.25, 0.3) is 0 Å². The summed E-state index contributed by atoms with van der Waals surface area (Å²) in [5.74, 6) is -0.803. The number of amides is 2. The van der Waals surface area contributed by atoms with Crippen molar-refractivity contribution in [2.24, 2.45) is 17.8 Å². The second-order valence-corrected chi connectivity index (χ2v) is 11.9. The fourth-order valence-corrected chi connectivity index (χ4v) is 7.35. The van der Waals surface area contributed by atoms with E-state index >= 15 is 0 Å². The topological polar surface area (TPSA) is 120 Å². The van der Waals surface area contributed by atoms with Crippen LogP contribution in [0, 0.1) is 17.8 Å². The maximum absolute atomic E-state index is 13.7. The Balaban J connectivity index is 1.28. The van der Waals surface area contributed by atoms with Gasteiger partial charge in [-0.2, -0.15) is 0 Å². The van der Waals surface area contributed by atoms with Gasteiger partial charge in [0.2, 0.25) is 11.8 Å². The SMILES string of the molecule is O=C1[C@@H]2[C@@H](CC(CO)=C3[C@@H](CC/C(=C/c4ccc(CO)o4)c4ccccc4)OB(O)C[C@@H]32)C(=O)N1Cc1cccs1. The molecule has 10 heteroatoms. The van der Waals surface area contributed by atoms with E-state index in [0.29, 0.717) is 30.8 Å². The molecule has 0 unspecified atom stereocenters. The molecule has 0 spiro atoms. The molecule has 3 aliphatic rings. The van der Waals surface area contributed by atoms with E-state index in [9.17, 15) is 24.8 Å². The van der Waals surface area contributed by atoms with Gasteiger partial charge in [-0.3, -0.25) is 14.5 Å². The molecule has 4 heterocycles. The maximum Gasteiger partial charge on any atom is 0.455 e. The predicted molar refractivity (Wildman–Crippen MR) is 155 cm³/mol. The van der Waals surface area contributed by atoms with Crippen molar-refractivity contribution in [2.75, 3.05) is 6.61 Å². The minimum atomic E-state index is -1.08. The zero-order chi connectivity index (χ0) is 28.5. The predicted octanol–water partition coefficient (Wildman–Crippen LogP) is 4.14. The summed E-state index contributed by atoms with van der Waals surface area (Å²) in [6.07, 6.45) is 3.01. The first kappa shape index (κ1) is 27.9. The third-order valence-electron chi connectivity index (χ3n) is 8.46. The zero-order valence-electron chi connectivity index (χ0n) is 22.5. The Labute approximate surface area is 242 Å². The van der Waals surface area contributed by atoms with E-state index in [4.69, 9.17) is 9.07 Å². The van der Waals surface area contributed by atoms with Crippen molar-refractivity contribution in [1.29, 1.82) is 0 Å². The Bertz CT molecular complexity index is 1460. The number of carbonyl (C=O) groups excluding carboxylic acids is 2. The van der Waals surface area contributed by atoms with E-state index in [1.807, 2.05) is 60.0 Å². The molecule has 8 nitrogen and oxygen atoms in total. The minimum Gasteiger partial charge on any atom is -0.459 e. The summed E-state index contributed by atoms with van der Waals surface area (Å²) in [4.78, 5) is 29.4. The number of aliphatic hydroxyl groups excluding tert-OH is 2. The van der Waals surface area contributed by atoms with Crippen molar-refractivity contribution in [3.05, 3.63) is 93.1 Å². The lowest BCUT2D eigenvalue weighted by atomic mass is 9.58. The lowest BCUT2D eigenvalue weighted by Crippen LogP contribution is -2.46. The molecule has 1 aromatic carbocycles. The molecule has 2 fully saturated rings. The van der Waals surface area contributed by atoms with E-state index in [2.05, 4.69) is 0 Å². The quantitative estimate of drug-likeness (QED) is 0.200. The Morgan fingerprint density at radius 3 is 2.56 bits per heavy atom. The molecular formula is C31H32BNO7S. The number of allylic oxidation sites excluding steroid dienone is 1. The molecule has 4 atom stereocenters. The van der Waals surface area contributed by atoms with E-state index in [1.165, 1.54) is 16.2 Å². The van der Waals surface area contributed by atoms with E-state index in [1.54, 1.807) is 6.07 Å². The number of carbonyl (C=O) groups is 2. The summed E-state index contributed by atoms with van der Waals surface area (Å²) in [6, 6.07) is 17.2. The molecule has 2 aliphatic heterocycles. The summed E-state index contributed by atoms with van der Waals surface area (Å²) in [5.41, 5.74) is 3.57. The first-order valence-corrected chi connectivity index (χ1v) is 14.8. The van der Waals surface area contributed by atoms with Crippen LogP contribution in [-0.4, -0.2) is 51.8 Å². The highest BCUT2D eigenvalue weighted by Crippen LogP contribution is 2.51. The largest absolute Gasteiger partial charge is 0.459 e. The second-order valence-electron chi connectivity index (χ2n) is 10.9. The van der Waals surface area contributed by atoms with Gasteiger partial charge in [0, 0.05) is 4.88 Å². The van der Waals surface area contributed by atoms with Gasteiger partial charge in [-0.05, 0) is 83.4 Å². The number of rotatable bonds is 9. The fraction of sp³-hybridized carbons (Fsp3) is 0.355. The second kappa shape index (κ2) is 11.9. The van der Waals surface area contributed by atoms with Crippen LogP contribution in [0.3, 0.4) is 0 Å². The number of aliphatic hydroxyl groups is 2. The highest BCUT2D eigenvalue weighted by Gasteiger charge is 2.57. The van der Waals surface area contributed by atoms with E-state index in [-0.39, 0.29) is 43.8 Å². The van der Waals surface area contributed by atoms with E-state index in [0.717, 1.165) is 27.2 Å². The van der Waals surface area contributed by atoms with Crippen LogP contribution in [-0.2, 0) is 27.4 Å². The Morgan fingerprint density at radius 1 is 1.02 bits per heavy atom. The summed E-state index contributed by atoms with van der Waals surface area (Å²) >= 11 is 1.51. The van der Waals surface area contributed by atoms with Crippen molar-refractivity contribution < 1.29 is 33.9 Å². The van der Waals surface area contributed by atoms with Crippen molar-refractivity contribution in [3.63, 3.8) is 0 Å². The van der Waals surface area contributed by atoms with Crippen LogP contribution in [0.25, 0.3) is 11.6 Å². The van der Waals surface area contributed by atoms with Gasteiger partial charge in [0.05, 0.1) is 31.1 Å². The molecule has 0 radical (unpaired) electrons. The van der Waals surface area contributed by atoms with Crippen LogP contribution in [0.4, 0.5) is 0 Å². The van der Waals surface area contributed by atoms with Gasteiger partial charge in [-0.25, -0.2) is 0 Å². The van der Waals surface area contributed by atoms with Gasteiger partial charge in [-0.1, -0.05) is 36.4 Å². The number of nitrogens with zero attached hydrogens (tertiary/aromatic N) is 1. The molecule has 41 heavy (non-hydrogen) atoms. The van der Waals surface area contributed by atoms with Gasteiger partial charge < -0.3 is 24.3 Å². The van der Waals surface area contributed by atoms with Crippen LogP contribution in [0.5, 0.6) is 0 Å². The number of benzene rings is 1.